The Hall–Kier alpha value is -2.80. The molecule has 1 aliphatic rings. The summed E-state index contributed by atoms with van der Waals surface area (Å²) < 4.78 is 38.5. The van der Waals surface area contributed by atoms with Gasteiger partial charge < -0.3 is 5.11 Å². The molecule has 7 heteroatoms. The van der Waals surface area contributed by atoms with Crippen LogP contribution in [0.25, 0.3) is 11.3 Å². The number of carboxylic acids is 1. The maximum atomic E-state index is 12.8. The van der Waals surface area contributed by atoms with Crippen molar-refractivity contribution in [3.05, 3.63) is 83.6 Å². The summed E-state index contributed by atoms with van der Waals surface area (Å²) in [7, 11) is 0. The first-order valence-electron chi connectivity index (χ1n) is 11.4. The molecule has 0 amide bonds. The van der Waals surface area contributed by atoms with E-state index < -0.39 is 17.7 Å². The minimum absolute atomic E-state index is 0.274. The molecule has 3 nitrogen and oxygen atoms in total. The highest BCUT2D eigenvalue weighted by Gasteiger charge is 2.30. The van der Waals surface area contributed by atoms with E-state index in [1.165, 1.54) is 44.2 Å². The quantitative estimate of drug-likeness (QED) is 0.345. The van der Waals surface area contributed by atoms with E-state index in [2.05, 4.69) is 4.98 Å². The lowest BCUT2D eigenvalue weighted by atomic mass is 9.78. The van der Waals surface area contributed by atoms with Gasteiger partial charge in [-0.15, -0.1) is 11.8 Å². The first kappa shape index (κ1) is 24.3. The summed E-state index contributed by atoms with van der Waals surface area (Å²) in [6.07, 6.45) is 3.55. The Morgan fingerprint density at radius 2 is 1.65 bits per heavy atom. The average Bonchev–Trinajstić information content (AvgIpc) is 2.85. The minimum Gasteiger partial charge on any atom is -0.478 e. The molecule has 34 heavy (non-hydrogen) atoms. The van der Waals surface area contributed by atoms with Gasteiger partial charge in [0.2, 0.25) is 0 Å². The first-order valence-corrected chi connectivity index (χ1v) is 12.4. The van der Waals surface area contributed by atoms with E-state index in [4.69, 9.17) is 5.11 Å². The molecular formula is C27H26F3NO2S. The third-order valence-corrected chi connectivity index (χ3v) is 7.60. The predicted molar refractivity (Wildman–Crippen MR) is 128 cm³/mol. The normalized spacial score (nSPS) is 15.7. The van der Waals surface area contributed by atoms with E-state index in [-0.39, 0.29) is 5.56 Å². The maximum absolute atomic E-state index is 12.8. The number of carboxylic acid groups (broad SMARTS) is 1. The number of thioether (sulfide) groups is 1. The van der Waals surface area contributed by atoms with Crippen molar-refractivity contribution in [2.75, 3.05) is 5.75 Å². The zero-order chi connectivity index (χ0) is 24.1. The second-order valence-electron chi connectivity index (χ2n) is 8.70. The van der Waals surface area contributed by atoms with Crippen LogP contribution < -0.4 is 0 Å². The van der Waals surface area contributed by atoms with Crippen LogP contribution in [-0.4, -0.2) is 21.8 Å². The molecule has 0 bridgehead atoms. The van der Waals surface area contributed by atoms with Crippen LogP contribution in [0.2, 0.25) is 0 Å². The van der Waals surface area contributed by atoms with E-state index in [9.17, 15) is 18.0 Å². The van der Waals surface area contributed by atoms with Crippen LogP contribution in [0.15, 0.2) is 71.8 Å². The molecule has 1 atom stereocenters. The fourth-order valence-corrected chi connectivity index (χ4v) is 5.71. The molecule has 1 saturated carbocycles. The van der Waals surface area contributed by atoms with Crippen LogP contribution >= 0.6 is 11.8 Å². The third-order valence-electron chi connectivity index (χ3n) is 6.47. The number of carbonyl (C=O) groups is 1. The fraction of sp³-hybridized carbons (Fsp3) is 0.333. The smallest absolute Gasteiger partial charge is 0.416 e. The van der Waals surface area contributed by atoms with Gasteiger partial charge in [-0.2, -0.15) is 13.2 Å². The molecule has 2 aromatic carbocycles. The molecular weight excluding hydrogens is 459 g/mol. The van der Waals surface area contributed by atoms with Gasteiger partial charge in [0.1, 0.15) is 0 Å². The average molecular weight is 486 g/mol. The van der Waals surface area contributed by atoms with Crippen molar-refractivity contribution in [3.63, 3.8) is 0 Å². The lowest BCUT2D eigenvalue weighted by molar-refractivity contribution is -0.137. The highest BCUT2D eigenvalue weighted by atomic mass is 32.2. The Labute approximate surface area is 201 Å². The van der Waals surface area contributed by atoms with Crippen LogP contribution in [0, 0.1) is 5.92 Å². The molecule has 3 aromatic rings. The Kier molecular flexibility index (Phi) is 7.61. The molecule has 178 valence electrons. The van der Waals surface area contributed by atoms with Gasteiger partial charge in [-0.05, 0) is 72.7 Å². The van der Waals surface area contributed by atoms with Gasteiger partial charge in [0, 0.05) is 22.4 Å². The van der Waals surface area contributed by atoms with Crippen molar-refractivity contribution in [1.82, 2.24) is 4.98 Å². The molecule has 0 radical (unpaired) electrons. The zero-order valence-electron chi connectivity index (χ0n) is 18.6. The topological polar surface area (TPSA) is 50.2 Å². The van der Waals surface area contributed by atoms with Crippen molar-refractivity contribution in [2.24, 2.45) is 5.92 Å². The molecule has 1 aliphatic carbocycles. The van der Waals surface area contributed by atoms with Crippen LogP contribution in [-0.2, 0) is 6.18 Å². The third kappa shape index (κ3) is 6.00. The number of halogens is 3. The number of pyridine rings is 1. The summed E-state index contributed by atoms with van der Waals surface area (Å²) in [5.74, 6) is 0.783. The number of rotatable bonds is 7. The number of benzene rings is 2. The fourth-order valence-electron chi connectivity index (χ4n) is 4.55. The van der Waals surface area contributed by atoms with Gasteiger partial charge in [0.05, 0.1) is 16.8 Å². The molecule has 1 aromatic heterocycles. The molecule has 0 spiro atoms. The Morgan fingerprint density at radius 1 is 0.971 bits per heavy atom. The highest BCUT2D eigenvalue weighted by Crippen LogP contribution is 2.40. The lowest BCUT2D eigenvalue weighted by Gasteiger charge is -2.30. The standard InChI is InChI=1S/C27H26F3NO2S/c28-27(29,30)22-11-6-19(7-12-22)25-15-10-21(16-31-25)24(18-4-2-1-3-5-18)17-34-23-13-8-20(9-14-23)26(32)33/h6-16,18,24H,1-5,17H2,(H,32,33). The summed E-state index contributed by atoms with van der Waals surface area (Å²) >= 11 is 1.71. The van der Waals surface area contributed by atoms with Gasteiger partial charge in [-0.3, -0.25) is 4.98 Å². The minimum atomic E-state index is -4.35. The predicted octanol–water partition coefficient (Wildman–Crippen LogP) is 7.92. The largest absolute Gasteiger partial charge is 0.478 e. The number of nitrogens with zero attached hydrogens (tertiary/aromatic N) is 1. The lowest BCUT2D eigenvalue weighted by Crippen LogP contribution is -2.18. The second-order valence-corrected chi connectivity index (χ2v) is 9.79. The first-order chi connectivity index (χ1) is 16.3. The van der Waals surface area contributed by atoms with Gasteiger partial charge in [0.15, 0.2) is 0 Å². The molecule has 1 N–H and O–H groups in total. The summed E-state index contributed by atoms with van der Waals surface area (Å²) in [4.78, 5) is 16.7. The SMILES string of the molecule is O=C(O)c1ccc(SCC(c2ccc(-c3ccc(C(F)(F)F)cc3)nc2)C2CCCCC2)cc1. The Morgan fingerprint density at radius 3 is 2.21 bits per heavy atom. The number of aromatic nitrogens is 1. The van der Waals surface area contributed by atoms with Crippen molar-refractivity contribution < 1.29 is 23.1 Å². The van der Waals surface area contributed by atoms with Gasteiger partial charge in [-0.1, -0.05) is 37.5 Å². The molecule has 4 rings (SSSR count). The molecule has 1 heterocycles. The summed E-state index contributed by atoms with van der Waals surface area (Å²) in [6, 6.07) is 16.0. The number of hydrogen-bond donors (Lipinski definition) is 1. The van der Waals surface area contributed by atoms with Crippen molar-refractivity contribution in [1.29, 1.82) is 0 Å². The molecule has 0 aliphatic heterocycles. The van der Waals surface area contributed by atoms with Crippen LogP contribution in [0.5, 0.6) is 0 Å². The van der Waals surface area contributed by atoms with Gasteiger partial charge >= 0.3 is 12.1 Å². The number of hydrogen-bond acceptors (Lipinski definition) is 3. The summed E-state index contributed by atoms with van der Waals surface area (Å²) in [5, 5.41) is 9.10. The van der Waals surface area contributed by atoms with Crippen LogP contribution in [0.1, 0.15) is 59.5 Å². The van der Waals surface area contributed by atoms with Gasteiger partial charge in [0.25, 0.3) is 0 Å². The number of alkyl halides is 3. The monoisotopic (exact) mass is 485 g/mol. The highest BCUT2D eigenvalue weighted by molar-refractivity contribution is 7.99. The molecule has 0 saturated heterocycles. The maximum Gasteiger partial charge on any atom is 0.416 e. The zero-order valence-corrected chi connectivity index (χ0v) is 19.4. The van der Waals surface area contributed by atoms with Crippen molar-refractivity contribution in [2.45, 2.75) is 49.1 Å². The van der Waals surface area contributed by atoms with E-state index in [1.807, 2.05) is 30.5 Å². The second kappa shape index (κ2) is 10.6. The van der Waals surface area contributed by atoms with Crippen LogP contribution in [0.4, 0.5) is 13.2 Å². The van der Waals surface area contributed by atoms with Crippen LogP contribution in [0.3, 0.4) is 0 Å². The summed E-state index contributed by atoms with van der Waals surface area (Å²) in [6.45, 7) is 0. The Bertz CT molecular complexity index is 1090. The van der Waals surface area contributed by atoms with Crippen molar-refractivity contribution in [3.8, 4) is 11.3 Å². The van der Waals surface area contributed by atoms with Crippen molar-refractivity contribution >= 4 is 17.7 Å². The molecule has 1 unspecified atom stereocenters. The van der Waals surface area contributed by atoms with Gasteiger partial charge in [-0.25, -0.2) is 4.79 Å². The van der Waals surface area contributed by atoms with E-state index in [1.54, 1.807) is 23.9 Å². The molecule has 1 fully saturated rings. The number of aromatic carboxylic acids is 1. The van der Waals surface area contributed by atoms with E-state index in [0.717, 1.165) is 28.3 Å². The van der Waals surface area contributed by atoms with E-state index >= 15 is 0 Å². The summed E-state index contributed by atoms with van der Waals surface area (Å²) in [5.41, 5.74) is 2.05. The van der Waals surface area contributed by atoms with E-state index in [0.29, 0.717) is 23.1 Å². The Balaban J connectivity index is 1.51.